The molecule has 2 unspecified atom stereocenters. The zero-order chi connectivity index (χ0) is 17.6. The van der Waals surface area contributed by atoms with E-state index in [2.05, 4.69) is 41.4 Å². The molecule has 1 aromatic carbocycles. The monoisotopic (exact) mass is 334 g/mol. The first-order valence-electron chi connectivity index (χ1n) is 8.71. The van der Waals surface area contributed by atoms with Crippen molar-refractivity contribution in [2.45, 2.75) is 32.8 Å². The summed E-state index contributed by atoms with van der Waals surface area (Å²) < 4.78 is 5.31. The molecule has 2 atom stereocenters. The van der Waals surface area contributed by atoms with E-state index in [4.69, 9.17) is 4.74 Å². The second-order valence-electron chi connectivity index (χ2n) is 7.19. The molecule has 1 amide bonds. The Morgan fingerprint density at radius 1 is 1.33 bits per heavy atom. The van der Waals surface area contributed by atoms with Gasteiger partial charge in [-0.25, -0.2) is 0 Å². The van der Waals surface area contributed by atoms with E-state index in [9.17, 15) is 9.90 Å². The number of amides is 1. The van der Waals surface area contributed by atoms with E-state index in [-0.39, 0.29) is 18.4 Å². The van der Waals surface area contributed by atoms with Gasteiger partial charge in [-0.15, -0.1) is 0 Å². The molecule has 1 saturated heterocycles. The maximum absolute atomic E-state index is 12.3. The number of benzene rings is 1. The number of β-amino-alcohol motifs (C(OH)–C–C–N with tert-alkyl or cyclic N) is 1. The number of hydrogen-bond acceptors (Lipinski definition) is 4. The molecule has 1 aliphatic heterocycles. The fourth-order valence-electron chi connectivity index (χ4n) is 2.92. The van der Waals surface area contributed by atoms with Crippen molar-refractivity contribution in [2.75, 3.05) is 39.4 Å². The SMILES string of the molecule is Cc1ccc(CC(C)C(=O)NCC(C)(O)CN2CCOCC2)cc1. The van der Waals surface area contributed by atoms with Crippen molar-refractivity contribution in [2.24, 2.45) is 5.92 Å². The Hall–Kier alpha value is -1.43. The lowest BCUT2D eigenvalue weighted by Crippen LogP contribution is -2.51. The van der Waals surface area contributed by atoms with Gasteiger partial charge in [0, 0.05) is 32.1 Å². The van der Waals surface area contributed by atoms with E-state index in [0.717, 1.165) is 18.7 Å². The maximum Gasteiger partial charge on any atom is 0.223 e. The van der Waals surface area contributed by atoms with Crippen molar-refractivity contribution in [1.29, 1.82) is 0 Å². The summed E-state index contributed by atoms with van der Waals surface area (Å²) in [5.74, 6) is -0.135. The molecule has 24 heavy (non-hydrogen) atoms. The number of carbonyl (C=O) groups excluding carboxylic acids is 1. The first kappa shape index (κ1) is 18.9. The lowest BCUT2D eigenvalue weighted by Gasteiger charge is -2.34. The van der Waals surface area contributed by atoms with E-state index >= 15 is 0 Å². The van der Waals surface area contributed by atoms with E-state index in [0.29, 0.717) is 26.2 Å². The molecule has 1 aliphatic rings. The molecule has 0 saturated carbocycles. The quantitative estimate of drug-likeness (QED) is 0.791. The normalized spacial score (nSPS) is 19.5. The molecule has 0 spiro atoms. The minimum atomic E-state index is -0.934. The number of aryl methyl sites for hydroxylation is 1. The first-order chi connectivity index (χ1) is 11.4. The number of ether oxygens (including phenoxy) is 1. The molecule has 1 heterocycles. The van der Waals surface area contributed by atoms with Gasteiger partial charge in [-0.2, -0.15) is 0 Å². The fourth-order valence-corrected chi connectivity index (χ4v) is 2.92. The number of aliphatic hydroxyl groups is 1. The van der Waals surface area contributed by atoms with Gasteiger partial charge in [-0.05, 0) is 25.8 Å². The highest BCUT2D eigenvalue weighted by Gasteiger charge is 2.26. The summed E-state index contributed by atoms with van der Waals surface area (Å²) in [7, 11) is 0. The van der Waals surface area contributed by atoms with Crippen molar-refractivity contribution >= 4 is 5.91 Å². The second-order valence-corrected chi connectivity index (χ2v) is 7.19. The lowest BCUT2D eigenvalue weighted by atomic mass is 9.99. The molecule has 0 aliphatic carbocycles. The Morgan fingerprint density at radius 2 is 1.96 bits per heavy atom. The van der Waals surface area contributed by atoms with Crippen LogP contribution in [0, 0.1) is 12.8 Å². The standard InChI is InChI=1S/C19H30N2O3/c1-15-4-6-17(7-5-15)12-16(2)18(22)20-13-19(3,23)14-21-8-10-24-11-9-21/h4-7,16,23H,8-14H2,1-3H3,(H,20,22). The Kier molecular flexibility index (Phi) is 6.78. The minimum absolute atomic E-state index is 0.0159. The van der Waals surface area contributed by atoms with Crippen molar-refractivity contribution in [3.63, 3.8) is 0 Å². The Bertz CT molecular complexity index is 522. The third kappa shape index (κ3) is 6.23. The summed E-state index contributed by atoms with van der Waals surface area (Å²) in [5, 5.41) is 13.4. The van der Waals surface area contributed by atoms with Gasteiger partial charge in [0.1, 0.15) is 0 Å². The third-order valence-electron chi connectivity index (χ3n) is 4.42. The van der Waals surface area contributed by atoms with E-state index in [1.54, 1.807) is 6.92 Å². The molecular formula is C19H30N2O3. The van der Waals surface area contributed by atoms with Crippen LogP contribution >= 0.6 is 0 Å². The summed E-state index contributed by atoms with van der Waals surface area (Å²) in [6.45, 7) is 9.62. The van der Waals surface area contributed by atoms with Gasteiger partial charge in [0.05, 0.1) is 18.8 Å². The van der Waals surface area contributed by atoms with Crippen molar-refractivity contribution in [3.8, 4) is 0 Å². The van der Waals surface area contributed by atoms with Crippen LogP contribution in [0.3, 0.4) is 0 Å². The zero-order valence-electron chi connectivity index (χ0n) is 15.0. The van der Waals surface area contributed by atoms with Crippen LogP contribution in [0.2, 0.25) is 0 Å². The maximum atomic E-state index is 12.3. The lowest BCUT2D eigenvalue weighted by molar-refractivity contribution is -0.126. The highest BCUT2D eigenvalue weighted by atomic mass is 16.5. The minimum Gasteiger partial charge on any atom is -0.387 e. The number of nitrogens with zero attached hydrogens (tertiary/aromatic N) is 1. The largest absolute Gasteiger partial charge is 0.387 e. The van der Waals surface area contributed by atoms with Crippen molar-refractivity contribution in [1.82, 2.24) is 10.2 Å². The third-order valence-corrected chi connectivity index (χ3v) is 4.42. The molecule has 2 rings (SSSR count). The topological polar surface area (TPSA) is 61.8 Å². The number of carbonyl (C=O) groups is 1. The first-order valence-corrected chi connectivity index (χ1v) is 8.71. The summed E-state index contributed by atoms with van der Waals surface area (Å²) >= 11 is 0. The van der Waals surface area contributed by atoms with Crippen LogP contribution in [0.1, 0.15) is 25.0 Å². The van der Waals surface area contributed by atoms with Gasteiger partial charge in [-0.1, -0.05) is 36.8 Å². The second kappa shape index (κ2) is 8.60. The molecule has 2 N–H and O–H groups in total. The van der Waals surface area contributed by atoms with Crippen LogP contribution in [0.15, 0.2) is 24.3 Å². The highest BCUT2D eigenvalue weighted by Crippen LogP contribution is 2.11. The van der Waals surface area contributed by atoms with Gasteiger partial charge >= 0.3 is 0 Å². The molecule has 5 nitrogen and oxygen atoms in total. The summed E-state index contributed by atoms with van der Waals surface area (Å²) in [6.07, 6.45) is 0.706. The Morgan fingerprint density at radius 3 is 2.58 bits per heavy atom. The van der Waals surface area contributed by atoms with E-state index in [1.165, 1.54) is 5.56 Å². The molecule has 5 heteroatoms. The van der Waals surface area contributed by atoms with Gasteiger partial charge < -0.3 is 15.2 Å². The van der Waals surface area contributed by atoms with E-state index in [1.807, 2.05) is 6.92 Å². The molecule has 0 aromatic heterocycles. The fraction of sp³-hybridized carbons (Fsp3) is 0.632. The predicted octanol–water partition coefficient (Wildman–Crippen LogP) is 1.37. The van der Waals surface area contributed by atoms with Gasteiger partial charge in [0.15, 0.2) is 0 Å². The van der Waals surface area contributed by atoms with Crippen molar-refractivity contribution in [3.05, 3.63) is 35.4 Å². The molecule has 1 aromatic rings. The number of rotatable bonds is 7. The predicted molar refractivity (Wildman–Crippen MR) is 94.9 cm³/mol. The smallest absolute Gasteiger partial charge is 0.223 e. The van der Waals surface area contributed by atoms with Crippen LogP contribution in [0.5, 0.6) is 0 Å². The van der Waals surface area contributed by atoms with Gasteiger partial charge in [-0.3, -0.25) is 9.69 Å². The summed E-state index contributed by atoms with van der Waals surface area (Å²) in [6, 6.07) is 8.25. The van der Waals surface area contributed by atoms with Crippen LogP contribution in [0.25, 0.3) is 0 Å². The van der Waals surface area contributed by atoms with E-state index < -0.39 is 5.60 Å². The zero-order valence-corrected chi connectivity index (χ0v) is 15.0. The molecule has 1 fully saturated rings. The molecule has 0 bridgehead atoms. The van der Waals surface area contributed by atoms with Gasteiger partial charge in [0.25, 0.3) is 0 Å². The average Bonchev–Trinajstić information content (AvgIpc) is 2.55. The van der Waals surface area contributed by atoms with Crippen LogP contribution in [0.4, 0.5) is 0 Å². The number of nitrogens with one attached hydrogen (secondary N) is 1. The summed E-state index contributed by atoms with van der Waals surface area (Å²) in [4.78, 5) is 14.5. The summed E-state index contributed by atoms with van der Waals surface area (Å²) in [5.41, 5.74) is 1.44. The highest BCUT2D eigenvalue weighted by molar-refractivity contribution is 5.78. The van der Waals surface area contributed by atoms with Crippen LogP contribution in [-0.2, 0) is 16.0 Å². The molecular weight excluding hydrogens is 304 g/mol. The van der Waals surface area contributed by atoms with Crippen molar-refractivity contribution < 1.29 is 14.6 Å². The Labute approximate surface area is 145 Å². The van der Waals surface area contributed by atoms with Crippen LogP contribution in [-0.4, -0.2) is 60.9 Å². The number of hydrogen-bond donors (Lipinski definition) is 2. The number of morpholine rings is 1. The molecule has 134 valence electrons. The molecule has 0 radical (unpaired) electrons. The van der Waals surface area contributed by atoms with Gasteiger partial charge in [0.2, 0.25) is 5.91 Å². The van der Waals surface area contributed by atoms with Crippen LogP contribution < -0.4 is 5.32 Å². The average molecular weight is 334 g/mol. The Balaban J connectivity index is 1.76.